The highest BCUT2D eigenvalue weighted by atomic mass is 35.5. The Morgan fingerprint density at radius 3 is 2.90 bits per heavy atom. The van der Waals surface area contributed by atoms with Crippen molar-refractivity contribution in [3.63, 3.8) is 0 Å². The van der Waals surface area contributed by atoms with Crippen molar-refractivity contribution in [3.8, 4) is 0 Å². The molecule has 1 aromatic heterocycles. The maximum absolute atomic E-state index is 13.8. The topological polar surface area (TPSA) is 52.3 Å². The maximum atomic E-state index is 13.8. The van der Waals surface area contributed by atoms with E-state index in [1.807, 2.05) is 0 Å². The summed E-state index contributed by atoms with van der Waals surface area (Å²) in [5.41, 5.74) is 0.253. The lowest BCUT2D eigenvalue weighted by Crippen LogP contribution is -2.18. The minimum atomic E-state index is -0.771. The highest BCUT2D eigenvalue weighted by Crippen LogP contribution is 2.28. The number of ether oxygens (including phenoxy) is 1. The Hall–Kier alpha value is -1.88. The molecule has 0 saturated carbocycles. The van der Waals surface area contributed by atoms with E-state index in [9.17, 15) is 9.18 Å². The van der Waals surface area contributed by atoms with Crippen LogP contribution < -0.4 is 0 Å². The van der Waals surface area contributed by atoms with Crippen LogP contribution in [-0.4, -0.2) is 17.7 Å². The average molecular weight is 298 g/mol. The molecule has 1 atom stereocenters. The van der Waals surface area contributed by atoms with Gasteiger partial charge in [-0.05, 0) is 25.5 Å². The molecule has 0 aliphatic carbocycles. The van der Waals surface area contributed by atoms with Crippen molar-refractivity contribution >= 4 is 17.6 Å². The van der Waals surface area contributed by atoms with Crippen molar-refractivity contribution in [2.75, 3.05) is 6.61 Å². The number of nitrogens with zero attached hydrogens (tertiary/aromatic N) is 1. The lowest BCUT2D eigenvalue weighted by atomic mass is 9.96. The van der Waals surface area contributed by atoms with Gasteiger partial charge in [0.1, 0.15) is 11.7 Å². The van der Waals surface area contributed by atoms with Crippen molar-refractivity contribution < 1.29 is 18.4 Å². The summed E-state index contributed by atoms with van der Waals surface area (Å²) in [6.07, 6.45) is 1.48. The number of rotatable bonds is 5. The molecule has 0 fully saturated rings. The summed E-state index contributed by atoms with van der Waals surface area (Å²) in [7, 11) is 0. The van der Waals surface area contributed by atoms with Gasteiger partial charge in [-0.25, -0.2) is 4.39 Å². The van der Waals surface area contributed by atoms with E-state index in [0.29, 0.717) is 5.76 Å². The SMILES string of the molecule is CCOC(=O)[C@H](Cc1c(F)cccc1Cl)c1ccno1. The van der Waals surface area contributed by atoms with Gasteiger partial charge < -0.3 is 9.26 Å². The van der Waals surface area contributed by atoms with Crippen LogP contribution in [0.1, 0.15) is 24.2 Å². The summed E-state index contributed by atoms with van der Waals surface area (Å²) in [4.78, 5) is 12.0. The van der Waals surface area contributed by atoms with E-state index in [-0.39, 0.29) is 23.6 Å². The van der Waals surface area contributed by atoms with Crippen LogP contribution in [-0.2, 0) is 16.0 Å². The number of carbonyl (C=O) groups excluding carboxylic acids is 1. The first kappa shape index (κ1) is 14.5. The molecule has 0 radical (unpaired) electrons. The zero-order chi connectivity index (χ0) is 14.5. The molecule has 1 heterocycles. The zero-order valence-electron chi connectivity index (χ0n) is 10.8. The third-order valence-electron chi connectivity index (χ3n) is 2.84. The predicted octanol–water partition coefficient (Wildman–Crippen LogP) is 3.36. The molecule has 0 aliphatic rings. The van der Waals surface area contributed by atoms with Gasteiger partial charge in [0.2, 0.25) is 0 Å². The van der Waals surface area contributed by atoms with Crippen LogP contribution in [0.4, 0.5) is 4.39 Å². The van der Waals surface area contributed by atoms with E-state index in [1.165, 1.54) is 18.3 Å². The number of benzene rings is 1. The normalized spacial score (nSPS) is 12.2. The summed E-state index contributed by atoms with van der Waals surface area (Å²) >= 11 is 5.98. The molecule has 2 aromatic rings. The fraction of sp³-hybridized carbons (Fsp3) is 0.286. The molecule has 0 bridgehead atoms. The summed E-state index contributed by atoms with van der Waals surface area (Å²) in [6.45, 7) is 1.93. The third-order valence-corrected chi connectivity index (χ3v) is 3.20. The Balaban J connectivity index is 2.31. The molecule has 2 rings (SSSR count). The summed E-state index contributed by atoms with van der Waals surface area (Å²) in [5, 5.41) is 3.83. The molecule has 0 spiro atoms. The van der Waals surface area contributed by atoms with Gasteiger partial charge in [-0.3, -0.25) is 4.79 Å². The van der Waals surface area contributed by atoms with Crippen LogP contribution in [0.15, 0.2) is 35.0 Å². The van der Waals surface area contributed by atoms with Gasteiger partial charge in [-0.1, -0.05) is 22.8 Å². The molecule has 0 unspecified atom stereocenters. The first-order valence-electron chi connectivity index (χ1n) is 6.13. The second-order valence-electron chi connectivity index (χ2n) is 4.12. The lowest BCUT2D eigenvalue weighted by molar-refractivity contribution is -0.145. The van der Waals surface area contributed by atoms with E-state index in [2.05, 4.69) is 5.16 Å². The van der Waals surface area contributed by atoms with Gasteiger partial charge in [0.05, 0.1) is 12.8 Å². The Kier molecular flexibility index (Phi) is 4.74. The first-order chi connectivity index (χ1) is 9.63. The minimum absolute atomic E-state index is 0.0551. The van der Waals surface area contributed by atoms with Gasteiger partial charge in [-0.15, -0.1) is 0 Å². The highest BCUT2D eigenvalue weighted by Gasteiger charge is 2.27. The quantitative estimate of drug-likeness (QED) is 0.794. The van der Waals surface area contributed by atoms with Crippen LogP contribution in [0.5, 0.6) is 0 Å². The number of hydrogen-bond donors (Lipinski definition) is 0. The summed E-state index contributed by atoms with van der Waals surface area (Å²) in [6, 6.07) is 5.93. The molecule has 20 heavy (non-hydrogen) atoms. The number of esters is 1. The van der Waals surface area contributed by atoms with Crippen molar-refractivity contribution in [2.24, 2.45) is 0 Å². The highest BCUT2D eigenvalue weighted by molar-refractivity contribution is 6.31. The molecule has 6 heteroatoms. The number of hydrogen-bond acceptors (Lipinski definition) is 4. The Morgan fingerprint density at radius 1 is 1.50 bits per heavy atom. The molecular formula is C14H13ClFNO3. The lowest BCUT2D eigenvalue weighted by Gasteiger charge is -2.14. The van der Waals surface area contributed by atoms with Gasteiger partial charge in [-0.2, -0.15) is 0 Å². The number of halogens is 2. The van der Waals surface area contributed by atoms with Gasteiger partial charge in [0, 0.05) is 16.7 Å². The van der Waals surface area contributed by atoms with Crippen molar-refractivity contribution in [1.82, 2.24) is 5.16 Å². The second-order valence-corrected chi connectivity index (χ2v) is 4.53. The zero-order valence-corrected chi connectivity index (χ0v) is 11.6. The first-order valence-corrected chi connectivity index (χ1v) is 6.51. The fourth-order valence-corrected chi connectivity index (χ4v) is 2.12. The minimum Gasteiger partial charge on any atom is -0.465 e. The smallest absolute Gasteiger partial charge is 0.317 e. The molecule has 1 aromatic carbocycles. The van der Waals surface area contributed by atoms with Crippen molar-refractivity contribution in [2.45, 2.75) is 19.3 Å². The monoisotopic (exact) mass is 297 g/mol. The molecular weight excluding hydrogens is 285 g/mol. The van der Waals surface area contributed by atoms with Gasteiger partial charge in [0.25, 0.3) is 0 Å². The van der Waals surface area contributed by atoms with E-state index >= 15 is 0 Å². The Bertz CT molecular complexity index is 566. The molecule has 4 nitrogen and oxygen atoms in total. The molecule has 106 valence electrons. The van der Waals surface area contributed by atoms with E-state index in [0.717, 1.165) is 0 Å². The van der Waals surface area contributed by atoms with Gasteiger partial charge in [0.15, 0.2) is 5.76 Å². The molecule has 0 amide bonds. The molecule has 0 aliphatic heterocycles. The number of aromatic nitrogens is 1. The predicted molar refractivity (Wildman–Crippen MR) is 71.0 cm³/mol. The fourth-order valence-electron chi connectivity index (χ4n) is 1.88. The van der Waals surface area contributed by atoms with Gasteiger partial charge >= 0.3 is 5.97 Å². The Labute approximate surface area is 120 Å². The average Bonchev–Trinajstić information content (AvgIpc) is 2.92. The largest absolute Gasteiger partial charge is 0.465 e. The van der Waals surface area contributed by atoms with Crippen molar-refractivity contribution in [1.29, 1.82) is 0 Å². The van der Waals surface area contributed by atoms with Crippen LogP contribution in [0.25, 0.3) is 0 Å². The Morgan fingerprint density at radius 2 is 2.30 bits per heavy atom. The van der Waals surface area contributed by atoms with E-state index < -0.39 is 17.7 Å². The molecule has 0 saturated heterocycles. The maximum Gasteiger partial charge on any atom is 0.317 e. The standard InChI is InChI=1S/C14H13ClFNO3/c1-2-19-14(18)10(13-6-7-17-20-13)8-9-11(15)4-3-5-12(9)16/h3-7,10H,2,8H2,1H3/t10-/m1/s1. The summed E-state index contributed by atoms with van der Waals surface area (Å²) < 4.78 is 23.8. The van der Waals surface area contributed by atoms with Crippen LogP contribution >= 0.6 is 11.6 Å². The van der Waals surface area contributed by atoms with E-state index in [4.69, 9.17) is 20.9 Å². The summed E-state index contributed by atoms with van der Waals surface area (Å²) in [5.74, 6) is -1.41. The third kappa shape index (κ3) is 3.17. The van der Waals surface area contributed by atoms with E-state index in [1.54, 1.807) is 19.1 Å². The second kappa shape index (κ2) is 6.52. The van der Waals surface area contributed by atoms with Crippen molar-refractivity contribution in [3.05, 3.63) is 52.6 Å². The van der Waals surface area contributed by atoms with Crippen LogP contribution in [0.2, 0.25) is 5.02 Å². The van der Waals surface area contributed by atoms with Crippen LogP contribution in [0, 0.1) is 5.82 Å². The molecule has 0 N–H and O–H groups in total. The van der Waals surface area contributed by atoms with Crippen LogP contribution in [0.3, 0.4) is 0 Å². The number of carbonyl (C=O) groups is 1.